The summed E-state index contributed by atoms with van der Waals surface area (Å²) < 4.78 is 6.00. The van der Waals surface area contributed by atoms with Gasteiger partial charge in [-0.05, 0) is 0 Å². The third-order valence-corrected chi connectivity index (χ3v) is 1.14. The third kappa shape index (κ3) is 29.2. The van der Waals surface area contributed by atoms with E-state index in [0.29, 0.717) is 6.61 Å². The molecule has 0 aromatic heterocycles. The molecule has 0 aliphatic heterocycles. The maximum atomic E-state index is 8.37. The van der Waals surface area contributed by atoms with Gasteiger partial charge in [0.05, 0.1) is 41.0 Å². The van der Waals surface area contributed by atoms with Crippen molar-refractivity contribution in [1.29, 1.82) is 0 Å². The van der Waals surface area contributed by atoms with Crippen molar-refractivity contribution >= 4 is 20.2 Å². The summed E-state index contributed by atoms with van der Waals surface area (Å²) in [7, 11) is 15.7. The zero-order chi connectivity index (χ0) is 10.7. The van der Waals surface area contributed by atoms with E-state index in [1.807, 2.05) is 0 Å². The van der Waals surface area contributed by atoms with Gasteiger partial charge in [0.2, 0.25) is 0 Å². The Labute approximate surface area is 107 Å². The number of halogens is 3. The van der Waals surface area contributed by atoms with E-state index in [2.05, 4.69) is 41.3 Å². The van der Waals surface area contributed by atoms with Gasteiger partial charge in [-0.3, -0.25) is 0 Å². The van der Waals surface area contributed by atoms with Crippen molar-refractivity contribution in [3.63, 3.8) is 0 Å². The topological polar surface area (TPSA) is 29.5 Å². The Morgan fingerprint density at radius 2 is 1.64 bits per heavy atom. The van der Waals surface area contributed by atoms with Crippen molar-refractivity contribution in [2.75, 3.05) is 47.5 Å². The van der Waals surface area contributed by atoms with Crippen LogP contribution in [0.25, 0.3) is 0 Å². The number of likely N-dealkylation sites (N-methyl/N-ethyl adjacent to an activating group) is 1. The van der Waals surface area contributed by atoms with E-state index in [1.54, 1.807) is 0 Å². The summed E-state index contributed by atoms with van der Waals surface area (Å²) in [5.74, 6) is 0. The Balaban J connectivity index is -0.000000267. The number of quaternary nitrogens is 1. The van der Waals surface area contributed by atoms with E-state index in [4.69, 9.17) is 9.84 Å². The zero-order valence-corrected chi connectivity index (χ0v) is 11.8. The summed E-state index contributed by atoms with van der Waals surface area (Å²) >= 11 is 0.757. The van der Waals surface area contributed by atoms with Gasteiger partial charge in [0.1, 0.15) is 6.54 Å². The Morgan fingerprint density at radius 1 is 1.21 bits per heavy atom. The number of hydrogen-bond acceptors (Lipinski definition) is 2. The van der Waals surface area contributed by atoms with Gasteiger partial charge in [-0.25, -0.2) is 0 Å². The molecule has 0 aromatic carbocycles. The number of rotatable bonds is 5. The summed E-state index contributed by atoms with van der Waals surface area (Å²) in [5, 5.41) is 8.37. The van der Waals surface area contributed by atoms with Crippen molar-refractivity contribution in [1.82, 2.24) is 0 Å². The summed E-state index contributed by atoms with van der Waals surface area (Å²) in [5.41, 5.74) is 0. The molecule has 0 heterocycles. The Morgan fingerprint density at radius 3 is 1.93 bits per heavy atom. The summed E-state index contributed by atoms with van der Waals surface area (Å²) in [6, 6.07) is 0. The Hall–Kier alpha value is 1.27. The molecule has 0 amide bonds. The normalized spacial score (nSPS) is 10.1. The number of nitrogens with zero attached hydrogens (tertiary/aromatic N) is 1. The van der Waals surface area contributed by atoms with Crippen molar-refractivity contribution < 1.29 is 39.9 Å². The van der Waals surface area contributed by atoms with Gasteiger partial charge >= 0.3 is 33.3 Å². The van der Waals surface area contributed by atoms with Crippen LogP contribution in [0.5, 0.6) is 0 Å². The van der Waals surface area contributed by atoms with Crippen molar-refractivity contribution in [3.8, 4) is 0 Å². The third-order valence-electron chi connectivity index (χ3n) is 1.14. The molecule has 0 unspecified atom stereocenters. The average molecular weight is 318 g/mol. The quantitative estimate of drug-likeness (QED) is 0.364. The molecule has 0 saturated carbocycles. The van der Waals surface area contributed by atoms with Gasteiger partial charge in [-0.15, -0.1) is 0 Å². The first-order chi connectivity index (χ1) is 5.97. The fraction of sp³-hybridized carbons (Fsp3) is 1.00. The van der Waals surface area contributed by atoms with Gasteiger partial charge in [0, 0.05) is 0 Å². The minimum atomic E-state index is 0. The van der Waals surface area contributed by atoms with Crippen LogP contribution in [-0.4, -0.2) is 57.1 Å². The predicted octanol–water partition coefficient (Wildman–Crippen LogP) is -1.92. The molecule has 0 aromatic rings. The first kappa shape index (κ1) is 20.7. The second-order valence-corrected chi connectivity index (χ2v) is 4.95. The van der Waals surface area contributed by atoms with Crippen LogP contribution in [0.4, 0.5) is 0 Å². The summed E-state index contributed by atoms with van der Waals surface area (Å²) in [4.78, 5) is 0. The molecule has 0 spiro atoms. The fourth-order valence-corrected chi connectivity index (χ4v) is 0.505. The predicted molar refractivity (Wildman–Crippen MR) is 52.5 cm³/mol. The van der Waals surface area contributed by atoms with Gasteiger partial charge in [-0.1, -0.05) is 0 Å². The van der Waals surface area contributed by atoms with Crippen molar-refractivity contribution in [2.45, 2.75) is 0 Å². The molecule has 0 rings (SSSR count). The van der Waals surface area contributed by atoms with E-state index in [1.165, 1.54) is 0 Å². The second kappa shape index (κ2) is 14.3. The van der Waals surface area contributed by atoms with E-state index in [0.717, 1.165) is 30.8 Å². The molecule has 14 heavy (non-hydrogen) atoms. The average Bonchev–Trinajstić information content (AvgIpc) is 1.98. The molecular formula is C7H18Cl3CuNO2. The molecule has 0 fully saturated rings. The first-order valence-electron chi connectivity index (χ1n) is 3.78. The monoisotopic (exact) mass is 316 g/mol. The van der Waals surface area contributed by atoms with Gasteiger partial charge in [0.25, 0.3) is 0 Å². The van der Waals surface area contributed by atoms with Crippen LogP contribution in [0, 0.1) is 0 Å². The molecule has 95 valence electrons. The van der Waals surface area contributed by atoms with E-state index < -0.39 is 0 Å². The first-order valence-corrected chi connectivity index (χ1v) is 6.37. The maximum absolute atomic E-state index is 8.37. The molecule has 0 aliphatic carbocycles. The number of hydrogen-bond donors (Lipinski definition) is 1. The molecular weight excluding hydrogens is 300 g/mol. The molecule has 0 saturated heterocycles. The van der Waals surface area contributed by atoms with Crippen LogP contribution in [0.15, 0.2) is 0 Å². The Kier molecular flexibility index (Phi) is 21.1. The van der Waals surface area contributed by atoms with Gasteiger partial charge in [-0.2, -0.15) is 0 Å². The van der Waals surface area contributed by atoms with E-state index >= 15 is 0 Å². The summed E-state index contributed by atoms with van der Waals surface area (Å²) in [6.45, 7) is 2.29. The van der Waals surface area contributed by atoms with Crippen molar-refractivity contribution in [3.05, 3.63) is 0 Å². The summed E-state index contributed by atoms with van der Waals surface area (Å²) in [6.07, 6.45) is 0. The number of aliphatic hydroxyl groups is 1. The number of aliphatic hydroxyl groups excluding tert-OH is 1. The van der Waals surface area contributed by atoms with Crippen LogP contribution < -0.4 is 12.4 Å². The Bertz CT molecular complexity index is 103. The molecule has 3 nitrogen and oxygen atoms in total. The molecule has 0 radical (unpaired) electrons. The molecule has 0 bridgehead atoms. The minimum absolute atomic E-state index is 0. The number of ether oxygens (including phenoxy) is 1. The fourth-order valence-electron chi connectivity index (χ4n) is 0.505. The SMILES string of the molecule is C[N+](C)(C)CCOCCO.[Cl-].[Cl][Cu][Cl]. The van der Waals surface area contributed by atoms with Gasteiger partial charge in [0.15, 0.2) is 0 Å². The van der Waals surface area contributed by atoms with E-state index in [-0.39, 0.29) is 19.0 Å². The van der Waals surface area contributed by atoms with E-state index in [9.17, 15) is 0 Å². The molecule has 7 heteroatoms. The van der Waals surface area contributed by atoms with Gasteiger partial charge < -0.3 is 26.7 Å². The van der Waals surface area contributed by atoms with Crippen LogP contribution in [0.1, 0.15) is 0 Å². The van der Waals surface area contributed by atoms with Crippen LogP contribution in [0.3, 0.4) is 0 Å². The van der Waals surface area contributed by atoms with Crippen LogP contribution in [0.2, 0.25) is 0 Å². The van der Waals surface area contributed by atoms with Crippen LogP contribution >= 0.6 is 20.2 Å². The van der Waals surface area contributed by atoms with Crippen molar-refractivity contribution in [2.24, 2.45) is 0 Å². The zero-order valence-electron chi connectivity index (χ0n) is 8.57. The molecule has 0 atom stereocenters. The standard InChI is InChI=1S/C7H18NO2.3ClH.Cu/c1-8(2,3)4-6-10-7-5-9;;;;/h9H,4-7H2,1-3H3;3*1H;/q+1;;;;+2/p-3. The molecule has 0 aliphatic rings. The van der Waals surface area contributed by atoms with Crippen LogP contribution in [-0.2, 0) is 17.9 Å². The second-order valence-electron chi connectivity index (χ2n) is 3.39. The molecule has 1 N–H and O–H groups in total.